The summed E-state index contributed by atoms with van der Waals surface area (Å²) < 4.78 is 14.4. The van der Waals surface area contributed by atoms with E-state index in [0.717, 1.165) is 25.3 Å². The van der Waals surface area contributed by atoms with E-state index in [1.54, 1.807) is 24.3 Å². The van der Waals surface area contributed by atoms with Crippen LogP contribution in [-0.2, 0) is 0 Å². The standard InChI is InChI=1S/C19H20FN3O3/c20-17-12-15(23(25)26)9-10-18(17)22-11-5-4-8-16(22)13-21-19(24)14-6-2-1-3-7-14/h1-3,6-7,9-10,12,16H,4-5,8,11,13H2,(H,21,24). The number of benzene rings is 2. The number of anilines is 1. The highest BCUT2D eigenvalue weighted by Crippen LogP contribution is 2.29. The van der Waals surface area contributed by atoms with Gasteiger partial charge in [-0.2, -0.15) is 0 Å². The quantitative estimate of drug-likeness (QED) is 0.656. The Morgan fingerprint density at radius 2 is 2.00 bits per heavy atom. The van der Waals surface area contributed by atoms with E-state index in [1.165, 1.54) is 12.1 Å². The maximum atomic E-state index is 14.4. The number of piperidine rings is 1. The van der Waals surface area contributed by atoms with Crippen molar-refractivity contribution < 1.29 is 14.1 Å². The Kier molecular flexibility index (Phi) is 5.46. The molecule has 1 aliphatic heterocycles. The lowest BCUT2D eigenvalue weighted by Crippen LogP contribution is -2.47. The zero-order valence-electron chi connectivity index (χ0n) is 14.2. The molecule has 1 atom stereocenters. The number of amides is 1. The second-order valence-electron chi connectivity index (χ2n) is 6.31. The van der Waals surface area contributed by atoms with E-state index in [1.807, 2.05) is 11.0 Å². The molecular formula is C19H20FN3O3. The third-order valence-electron chi connectivity index (χ3n) is 4.61. The summed E-state index contributed by atoms with van der Waals surface area (Å²) >= 11 is 0. The van der Waals surface area contributed by atoms with Crippen molar-refractivity contribution in [2.75, 3.05) is 18.0 Å². The number of hydrogen-bond acceptors (Lipinski definition) is 4. The summed E-state index contributed by atoms with van der Waals surface area (Å²) in [5.41, 5.74) is 0.655. The van der Waals surface area contributed by atoms with Crippen molar-refractivity contribution in [3.8, 4) is 0 Å². The number of nitro groups is 1. The molecule has 2 aromatic rings. The van der Waals surface area contributed by atoms with Gasteiger partial charge in [-0.05, 0) is 37.5 Å². The van der Waals surface area contributed by atoms with Crippen LogP contribution in [0.25, 0.3) is 0 Å². The average Bonchev–Trinajstić information content (AvgIpc) is 2.67. The molecule has 0 aromatic heterocycles. The molecule has 136 valence electrons. The van der Waals surface area contributed by atoms with Gasteiger partial charge >= 0.3 is 0 Å². The molecule has 6 nitrogen and oxygen atoms in total. The third-order valence-corrected chi connectivity index (χ3v) is 4.61. The van der Waals surface area contributed by atoms with Gasteiger partial charge in [0, 0.05) is 30.8 Å². The van der Waals surface area contributed by atoms with Crippen LogP contribution in [0.2, 0.25) is 0 Å². The van der Waals surface area contributed by atoms with Crippen LogP contribution in [0.4, 0.5) is 15.8 Å². The van der Waals surface area contributed by atoms with Gasteiger partial charge in [0.05, 0.1) is 16.7 Å². The SMILES string of the molecule is O=C(NCC1CCCCN1c1ccc([N+](=O)[O-])cc1F)c1ccccc1. The van der Waals surface area contributed by atoms with E-state index >= 15 is 0 Å². The Morgan fingerprint density at radius 3 is 2.69 bits per heavy atom. The number of halogens is 1. The lowest BCUT2D eigenvalue weighted by Gasteiger charge is -2.37. The molecule has 0 spiro atoms. The summed E-state index contributed by atoms with van der Waals surface area (Å²) in [4.78, 5) is 24.3. The highest BCUT2D eigenvalue weighted by Gasteiger charge is 2.26. The number of nitrogens with one attached hydrogen (secondary N) is 1. The maximum Gasteiger partial charge on any atom is 0.272 e. The number of non-ortho nitro benzene ring substituents is 1. The summed E-state index contributed by atoms with van der Waals surface area (Å²) in [6, 6.07) is 12.6. The molecule has 0 saturated carbocycles. The first-order valence-electron chi connectivity index (χ1n) is 8.60. The van der Waals surface area contributed by atoms with Crippen LogP contribution in [-0.4, -0.2) is 30.0 Å². The van der Waals surface area contributed by atoms with Gasteiger partial charge in [0.15, 0.2) is 5.82 Å². The fourth-order valence-corrected chi connectivity index (χ4v) is 3.27. The first kappa shape index (κ1) is 17.8. The smallest absolute Gasteiger partial charge is 0.272 e. The average molecular weight is 357 g/mol. The van der Waals surface area contributed by atoms with Crippen molar-refractivity contribution >= 4 is 17.3 Å². The van der Waals surface area contributed by atoms with Crippen molar-refractivity contribution in [1.82, 2.24) is 5.32 Å². The number of rotatable bonds is 5. The van der Waals surface area contributed by atoms with Crippen LogP contribution in [0, 0.1) is 15.9 Å². The second-order valence-corrected chi connectivity index (χ2v) is 6.31. The number of nitrogens with zero attached hydrogens (tertiary/aromatic N) is 2. The molecule has 0 aliphatic carbocycles. The fraction of sp³-hybridized carbons (Fsp3) is 0.316. The first-order chi connectivity index (χ1) is 12.6. The molecule has 1 aliphatic rings. The molecule has 1 saturated heterocycles. The van der Waals surface area contributed by atoms with Crippen molar-refractivity contribution in [2.45, 2.75) is 25.3 Å². The highest BCUT2D eigenvalue weighted by atomic mass is 19.1. The van der Waals surface area contributed by atoms with Crippen LogP contribution >= 0.6 is 0 Å². The number of hydrogen-bond donors (Lipinski definition) is 1. The molecule has 1 unspecified atom stereocenters. The lowest BCUT2D eigenvalue weighted by molar-refractivity contribution is -0.385. The Labute approximate surface area is 150 Å². The van der Waals surface area contributed by atoms with Gasteiger partial charge in [0.25, 0.3) is 11.6 Å². The molecule has 2 aromatic carbocycles. The Hall–Kier alpha value is -2.96. The van der Waals surface area contributed by atoms with Crippen LogP contribution in [0.3, 0.4) is 0 Å². The molecule has 26 heavy (non-hydrogen) atoms. The second kappa shape index (κ2) is 7.95. The van der Waals surface area contributed by atoms with Crippen LogP contribution in [0.5, 0.6) is 0 Å². The van der Waals surface area contributed by atoms with Gasteiger partial charge < -0.3 is 10.2 Å². The fourth-order valence-electron chi connectivity index (χ4n) is 3.27. The zero-order valence-corrected chi connectivity index (χ0v) is 14.2. The number of carbonyl (C=O) groups is 1. The van der Waals surface area contributed by atoms with Crippen LogP contribution in [0.15, 0.2) is 48.5 Å². The van der Waals surface area contributed by atoms with E-state index in [2.05, 4.69) is 5.32 Å². The maximum absolute atomic E-state index is 14.4. The molecular weight excluding hydrogens is 337 g/mol. The summed E-state index contributed by atoms with van der Waals surface area (Å²) in [6.07, 6.45) is 2.74. The molecule has 1 N–H and O–H groups in total. The van der Waals surface area contributed by atoms with Crippen molar-refractivity contribution in [3.05, 3.63) is 70.0 Å². The van der Waals surface area contributed by atoms with Gasteiger partial charge in [-0.25, -0.2) is 4.39 Å². The normalized spacial score (nSPS) is 17.0. The van der Waals surface area contributed by atoms with Gasteiger partial charge in [0.2, 0.25) is 0 Å². The first-order valence-corrected chi connectivity index (χ1v) is 8.60. The van der Waals surface area contributed by atoms with Crippen molar-refractivity contribution in [2.24, 2.45) is 0 Å². The topological polar surface area (TPSA) is 75.5 Å². The van der Waals surface area contributed by atoms with Gasteiger partial charge in [0.1, 0.15) is 0 Å². The van der Waals surface area contributed by atoms with E-state index in [0.29, 0.717) is 24.3 Å². The molecule has 0 radical (unpaired) electrons. The Bertz CT molecular complexity index is 798. The van der Waals surface area contributed by atoms with Crippen molar-refractivity contribution in [3.63, 3.8) is 0 Å². The summed E-state index contributed by atoms with van der Waals surface area (Å²) in [5, 5.41) is 13.7. The summed E-state index contributed by atoms with van der Waals surface area (Å²) in [7, 11) is 0. The largest absolute Gasteiger partial charge is 0.364 e. The Morgan fingerprint density at radius 1 is 1.23 bits per heavy atom. The van der Waals surface area contributed by atoms with Gasteiger partial charge in [-0.15, -0.1) is 0 Å². The predicted molar refractivity (Wildman–Crippen MR) is 96.8 cm³/mol. The summed E-state index contributed by atoms with van der Waals surface area (Å²) in [6.45, 7) is 1.05. The predicted octanol–water partition coefficient (Wildman–Crippen LogP) is 3.52. The monoisotopic (exact) mass is 357 g/mol. The molecule has 1 amide bonds. The number of nitro benzene ring substituents is 1. The van der Waals surface area contributed by atoms with E-state index in [4.69, 9.17) is 0 Å². The highest BCUT2D eigenvalue weighted by molar-refractivity contribution is 5.94. The summed E-state index contributed by atoms with van der Waals surface area (Å²) in [5.74, 6) is -0.777. The minimum absolute atomic E-state index is 0.0487. The Balaban J connectivity index is 1.72. The number of carbonyl (C=O) groups excluding carboxylic acids is 1. The van der Waals surface area contributed by atoms with Gasteiger partial charge in [-0.3, -0.25) is 14.9 Å². The van der Waals surface area contributed by atoms with Crippen LogP contribution in [0.1, 0.15) is 29.6 Å². The molecule has 0 bridgehead atoms. The van der Waals surface area contributed by atoms with E-state index in [9.17, 15) is 19.3 Å². The van der Waals surface area contributed by atoms with E-state index in [-0.39, 0.29) is 17.6 Å². The van der Waals surface area contributed by atoms with Crippen molar-refractivity contribution in [1.29, 1.82) is 0 Å². The minimum atomic E-state index is -0.611. The van der Waals surface area contributed by atoms with Crippen LogP contribution < -0.4 is 10.2 Å². The third kappa shape index (κ3) is 3.99. The molecule has 3 rings (SSSR count). The van der Waals surface area contributed by atoms with E-state index < -0.39 is 10.7 Å². The zero-order chi connectivity index (χ0) is 18.5. The molecule has 7 heteroatoms. The molecule has 1 heterocycles. The van der Waals surface area contributed by atoms with Gasteiger partial charge in [-0.1, -0.05) is 18.2 Å². The minimum Gasteiger partial charge on any atom is -0.364 e. The lowest BCUT2D eigenvalue weighted by atomic mass is 10.0. The molecule has 1 fully saturated rings.